The molecule has 0 aliphatic carbocycles. The molecule has 1 aromatic heterocycles. The van der Waals surface area contributed by atoms with Crippen molar-refractivity contribution in [2.45, 2.75) is 17.2 Å². The highest BCUT2D eigenvalue weighted by Crippen LogP contribution is 2.26. The molecule has 1 N–H and O–H groups in total. The van der Waals surface area contributed by atoms with E-state index in [4.69, 9.17) is 4.74 Å². The molecule has 0 bridgehead atoms. The van der Waals surface area contributed by atoms with E-state index in [1.54, 1.807) is 19.2 Å². The lowest BCUT2D eigenvalue weighted by atomic mass is 10.0. The van der Waals surface area contributed by atoms with Crippen molar-refractivity contribution in [1.82, 2.24) is 4.72 Å². The molecule has 21 heavy (non-hydrogen) atoms. The van der Waals surface area contributed by atoms with E-state index in [1.165, 1.54) is 11.3 Å². The van der Waals surface area contributed by atoms with Gasteiger partial charge in [0.1, 0.15) is 4.21 Å². The summed E-state index contributed by atoms with van der Waals surface area (Å²) in [6, 6.07) is 11.1. The van der Waals surface area contributed by atoms with Gasteiger partial charge in [0.25, 0.3) is 0 Å². The normalized spacial score (nSPS) is 13.3. The summed E-state index contributed by atoms with van der Waals surface area (Å²) in [4.78, 5) is 0. The molecule has 1 atom stereocenters. The molecule has 4 nitrogen and oxygen atoms in total. The average Bonchev–Trinajstić information content (AvgIpc) is 2.89. The first-order chi connectivity index (χ1) is 9.94. The summed E-state index contributed by atoms with van der Waals surface area (Å²) in [5.41, 5.74) is 2.05. The molecule has 0 aliphatic heterocycles. The van der Waals surface area contributed by atoms with Crippen molar-refractivity contribution in [3.63, 3.8) is 0 Å². The standard InChI is InChI=1S/C14H16BrNO3S2/c1-10-5-3-4-6-11(10)12(19-2)9-16-21(17,18)14-8-7-13(15)20-14/h3-8,12,16H,9H2,1-2H3/t12-/m0/s1. The maximum atomic E-state index is 12.2. The van der Waals surface area contributed by atoms with Crippen molar-refractivity contribution < 1.29 is 13.2 Å². The second kappa shape index (κ2) is 7.02. The summed E-state index contributed by atoms with van der Waals surface area (Å²) >= 11 is 4.44. The van der Waals surface area contributed by atoms with Crippen LogP contribution in [0.2, 0.25) is 0 Å². The zero-order valence-electron chi connectivity index (χ0n) is 11.7. The van der Waals surface area contributed by atoms with E-state index >= 15 is 0 Å². The number of benzene rings is 1. The van der Waals surface area contributed by atoms with Crippen molar-refractivity contribution in [2.75, 3.05) is 13.7 Å². The third kappa shape index (κ3) is 4.14. The van der Waals surface area contributed by atoms with E-state index in [1.807, 2.05) is 31.2 Å². The summed E-state index contributed by atoms with van der Waals surface area (Å²) in [5, 5.41) is 0. The van der Waals surface area contributed by atoms with Gasteiger partial charge in [0.2, 0.25) is 10.0 Å². The molecule has 2 aromatic rings. The third-order valence-corrected chi connectivity index (χ3v) is 6.63. The van der Waals surface area contributed by atoms with Crippen LogP contribution in [0.15, 0.2) is 44.4 Å². The highest BCUT2D eigenvalue weighted by atomic mass is 79.9. The number of hydrogen-bond donors (Lipinski definition) is 1. The van der Waals surface area contributed by atoms with Gasteiger partial charge in [-0.05, 0) is 46.1 Å². The minimum absolute atomic E-state index is 0.194. The molecule has 114 valence electrons. The Morgan fingerprint density at radius 3 is 2.57 bits per heavy atom. The Labute approximate surface area is 137 Å². The SMILES string of the molecule is CO[C@@H](CNS(=O)(=O)c1ccc(Br)s1)c1ccccc1C. The lowest BCUT2D eigenvalue weighted by Crippen LogP contribution is -2.29. The molecule has 0 aliphatic rings. The molecular weight excluding hydrogens is 374 g/mol. The molecule has 0 fully saturated rings. The van der Waals surface area contributed by atoms with Crippen LogP contribution in [-0.4, -0.2) is 22.1 Å². The molecule has 0 unspecified atom stereocenters. The molecule has 0 saturated heterocycles. The van der Waals surface area contributed by atoms with Gasteiger partial charge in [-0.15, -0.1) is 11.3 Å². The number of thiophene rings is 1. The van der Waals surface area contributed by atoms with E-state index in [9.17, 15) is 8.42 Å². The van der Waals surface area contributed by atoms with Gasteiger partial charge in [-0.3, -0.25) is 0 Å². The van der Waals surface area contributed by atoms with E-state index in [2.05, 4.69) is 20.7 Å². The summed E-state index contributed by atoms with van der Waals surface area (Å²) < 4.78 is 33.5. The number of ether oxygens (including phenoxy) is 1. The van der Waals surface area contributed by atoms with E-state index in [0.717, 1.165) is 14.9 Å². The first kappa shape index (κ1) is 16.6. The lowest BCUT2D eigenvalue weighted by Gasteiger charge is -2.18. The Morgan fingerprint density at radius 1 is 1.29 bits per heavy atom. The van der Waals surface area contributed by atoms with Crippen LogP contribution >= 0.6 is 27.3 Å². The van der Waals surface area contributed by atoms with Crippen LogP contribution in [-0.2, 0) is 14.8 Å². The first-order valence-electron chi connectivity index (χ1n) is 6.27. The zero-order valence-corrected chi connectivity index (χ0v) is 14.9. The van der Waals surface area contributed by atoms with Gasteiger partial charge in [0, 0.05) is 13.7 Å². The summed E-state index contributed by atoms with van der Waals surface area (Å²) in [7, 11) is -1.93. The predicted molar refractivity (Wildman–Crippen MR) is 88.1 cm³/mol. The minimum Gasteiger partial charge on any atom is -0.375 e. The molecule has 2 rings (SSSR count). The number of nitrogens with one attached hydrogen (secondary N) is 1. The fraction of sp³-hybridized carbons (Fsp3) is 0.286. The zero-order chi connectivity index (χ0) is 15.5. The Hall–Kier alpha value is -0.730. The minimum atomic E-state index is -3.51. The van der Waals surface area contributed by atoms with Crippen LogP contribution in [0.5, 0.6) is 0 Å². The van der Waals surface area contributed by atoms with Crippen molar-refractivity contribution >= 4 is 37.3 Å². The summed E-state index contributed by atoms with van der Waals surface area (Å²) in [5.74, 6) is 0. The maximum Gasteiger partial charge on any atom is 0.250 e. The van der Waals surface area contributed by atoms with Crippen molar-refractivity contribution in [3.05, 3.63) is 51.3 Å². The highest BCUT2D eigenvalue weighted by molar-refractivity contribution is 9.11. The Bertz CT molecular complexity index is 713. The maximum absolute atomic E-state index is 12.2. The van der Waals surface area contributed by atoms with Crippen LogP contribution in [0.4, 0.5) is 0 Å². The van der Waals surface area contributed by atoms with Crippen LogP contribution < -0.4 is 4.72 Å². The van der Waals surface area contributed by atoms with Crippen LogP contribution in [0.25, 0.3) is 0 Å². The fourth-order valence-electron chi connectivity index (χ4n) is 1.97. The molecule has 0 saturated carbocycles. The first-order valence-corrected chi connectivity index (χ1v) is 9.36. The molecular formula is C14H16BrNO3S2. The van der Waals surface area contributed by atoms with Crippen molar-refractivity contribution in [2.24, 2.45) is 0 Å². The summed E-state index contributed by atoms with van der Waals surface area (Å²) in [6.45, 7) is 2.17. The van der Waals surface area contributed by atoms with Crippen molar-refractivity contribution in [3.8, 4) is 0 Å². The van der Waals surface area contributed by atoms with E-state index < -0.39 is 10.0 Å². The smallest absolute Gasteiger partial charge is 0.250 e. The van der Waals surface area contributed by atoms with Crippen LogP contribution in [0.3, 0.4) is 0 Å². The average molecular weight is 390 g/mol. The molecule has 0 amide bonds. The molecule has 1 heterocycles. The number of halogens is 1. The fourth-order valence-corrected chi connectivity index (χ4v) is 5.05. The molecule has 7 heteroatoms. The Morgan fingerprint density at radius 2 is 2.00 bits per heavy atom. The van der Waals surface area contributed by atoms with Gasteiger partial charge in [-0.2, -0.15) is 0 Å². The Balaban J connectivity index is 2.12. The Kier molecular flexibility index (Phi) is 5.56. The van der Waals surface area contributed by atoms with Crippen LogP contribution in [0, 0.1) is 6.92 Å². The quantitative estimate of drug-likeness (QED) is 0.822. The summed E-state index contributed by atoms with van der Waals surface area (Å²) in [6.07, 6.45) is -0.315. The number of hydrogen-bond acceptors (Lipinski definition) is 4. The van der Waals surface area contributed by atoms with Gasteiger partial charge in [0.05, 0.1) is 9.89 Å². The van der Waals surface area contributed by atoms with Gasteiger partial charge >= 0.3 is 0 Å². The number of methoxy groups -OCH3 is 1. The van der Waals surface area contributed by atoms with Gasteiger partial charge in [-0.1, -0.05) is 24.3 Å². The predicted octanol–water partition coefficient (Wildman–Crippen LogP) is 3.49. The number of sulfonamides is 1. The highest BCUT2D eigenvalue weighted by Gasteiger charge is 2.20. The van der Waals surface area contributed by atoms with Gasteiger partial charge < -0.3 is 4.74 Å². The van der Waals surface area contributed by atoms with Crippen molar-refractivity contribution in [1.29, 1.82) is 0 Å². The van der Waals surface area contributed by atoms with Gasteiger partial charge in [0.15, 0.2) is 0 Å². The second-order valence-electron chi connectivity index (χ2n) is 4.49. The second-order valence-corrected chi connectivity index (χ2v) is 8.95. The largest absolute Gasteiger partial charge is 0.375 e. The number of rotatable bonds is 6. The number of aryl methyl sites for hydroxylation is 1. The van der Waals surface area contributed by atoms with Crippen LogP contribution in [0.1, 0.15) is 17.2 Å². The molecule has 1 aromatic carbocycles. The van der Waals surface area contributed by atoms with Gasteiger partial charge in [-0.25, -0.2) is 13.1 Å². The van der Waals surface area contributed by atoms with E-state index in [0.29, 0.717) is 0 Å². The topological polar surface area (TPSA) is 55.4 Å². The van der Waals surface area contributed by atoms with E-state index in [-0.39, 0.29) is 16.9 Å². The molecule has 0 spiro atoms. The molecule has 0 radical (unpaired) electrons. The third-order valence-electron chi connectivity index (χ3n) is 3.09. The monoisotopic (exact) mass is 389 g/mol. The lowest BCUT2D eigenvalue weighted by molar-refractivity contribution is 0.107.